The lowest BCUT2D eigenvalue weighted by Crippen LogP contribution is -2.43. The number of nitrogens with zero attached hydrogens (tertiary/aromatic N) is 1. The van der Waals surface area contributed by atoms with Gasteiger partial charge in [0.2, 0.25) is 0 Å². The second-order valence-corrected chi connectivity index (χ2v) is 2.39. The molecule has 58 valence electrons. The highest BCUT2D eigenvalue weighted by molar-refractivity contribution is 14.1. The van der Waals surface area contributed by atoms with E-state index in [0.717, 1.165) is 0 Å². The van der Waals surface area contributed by atoms with Gasteiger partial charge in [-0.3, -0.25) is 16.1 Å². The standard InChI is InChI=1S/C4H10IN5/c1-10(2-5)4(8)9-3(6)7/h2H2,1H3,(H5,6,7,8,9). The summed E-state index contributed by atoms with van der Waals surface area (Å²) in [5, 5.41) is 16.4. The smallest absolute Gasteiger partial charge is 0.198 e. The Morgan fingerprint density at radius 3 is 2.50 bits per heavy atom. The molecular weight excluding hydrogens is 245 g/mol. The topological polar surface area (TPSA) is 89.0 Å². The number of halogens is 1. The molecule has 0 bridgehead atoms. The van der Waals surface area contributed by atoms with Crippen molar-refractivity contribution in [2.75, 3.05) is 11.6 Å². The Balaban J connectivity index is 3.73. The van der Waals surface area contributed by atoms with E-state index in [2.05, 4.69) is 27.9 Å². The third-order valence-electron chi connectivity index (χ3n) is 0.814. The maximum Gasteiger partial charge on any atom is 0.198 e. The molecule has 0 saturated carbocycles. The Bertz CT molecular complexity index is 145. The lowest BCUT2D eigenvalue weighted by molar-refractivity contribution is 0.589. The molecule has 0 aliphatic rings. The molecule has 10 heavy (non-hydrogen) atoms. The first-order chi connectivity index (χ1) is 4.57. The van der Waals surface area contributed by atoms with Gasteiger partial charge in [-0.2, -0.15) is 0 Å². The molecule has 0 saturated heterocycles. The molecule has 0 aliphatic carbocycles. The van der Waals surface area contributed by atoms with E-state index in [9.17, 15) is 0 Å². The summed E-state index contributed by atoms with van der Waals surface area (Å²) in [6, 6.07) is 0. The molecule has 5 nitrogen and oxygen atoms in total. The summed E-state index contributed by atoms with van der Waals surface area (Å²) in [7, 11) is 1.74. The zero-order valence-corrected chi connectivity index (χ0v) is 7.77. The third kappa shape index (κ3) is 3.49. The van der Waals surface area contributed by atoms with Gasteiger partial charge in [0, 0.05) is 7.05 Å². The highest BCUT2D eigenvalue weighted by atomic mass is 127. The molecule has 0 aliphatic heterocycles. The van der Waals surface area contributed by atoms with Crippen molar-refractivity contribution in [3.05, 3.63) is 0 Å². The van der Waals surface area contributed by atoms with Gasteiger partial charge in [-0.1, -0.05) is 22.6 Å². The first kappa shape index (κ1) is 9.47. The number of guanidine groups is 2. The molecular formula is C4H10IN5. The van der Waals surface area contributed by atoms with E-state index < -0.39 is 0 Å². The highest BCUT2D eigenvalue weighted by Crippen LogP contribution is 1.87. The Labute approximate surface area is 73.1 Å². The van der Waals surface area contributed by atoms with Crippen LogP contribution in [0.2, 0.25) is 0 Å². The molecule has 0 aromatic heterocycles. The number of rotatable bonds is 1. The van der Waals surface area contributed by atoms with Crippen LogP contribution in [0.5, 0.6) is 0 Å². The highest BCUT2D eigenvalue weighted by Gasteiger charge is 2.00. The lowest BCUT2D eigenvalue weighted by atomic mass is 10.8. The van der Waals surface area contributed by atoms with Crippen LogP contribution in [0.1, 0.15) is 0 Å². The summed E-state index contributed by atoms with van der Waals surface area (Å²) < 4.78 is 0.691. The quantitative estimate of drug-likeness (QED) is 0.171. The Morgan fingerprint density at radius 2 is 2.20 bits per heavy atom. The number of nitrogens with two attached hydrogens (primary N) is 1. The van der Waals surface area contributed by atoms with Crippen LogP contribution < -0.4 is 11.1 Å². The van der Waals surface area contributed by atoms with Crippen molar-refractivity contribution in [2.45, 2.75) is 0 Å². The molecule has 0 radical (unpaired) electrons. The van der Waals surface area contributed by atoms with Crippen LogP contribution in [0.15, 0.2) is 0 Å². The molecule has 0 aromatic carbocycles. The SMILES string of the molecule is CN(CI)C(=N)NC(=N)N. The van der Waals surface area contributed by atoms with Crippen molar-refractivity contribution in [2.24, 2.45) is 5.73 Å². The Hall–Kier alpha value is -0.530. The Kier molecular flexibility index (Phi) is 4.08. The van der Waals surface area contributed by atoms with Crippen LogP contribution >= 0.6 is 22.6 Å². The third-order valence-corrected chi connectivity index (χ3v) is 1.84. The van der Waals surface area contributed by atoms with E-state index in [0.29, 0.717) is 4.55 Å². The molecule has 6 heteroatoms. The van der Waals surface area contributed by atoms with Gasteiger partial charge in [0.15, 0.2) is 11.9 Å². The van der Waals surface area contributed by atoms with Gasteiger partial charge in [-0.05, 0) is 0 Å². The fourth-order valence-corrected chi connectivity index (χ4v) is 0.624. The summed E-state index contributed by atoms with van der Waals surface area (Å²) in [5.41, 5.74) is 4.99. The largest absolute Gasteiger partial charge is 0.370 e. The number of hydrogen-bond acceptors (Lipinski definition) is 2. The maximum atomic E-state index is 7.21. The van der Waals surface area contributed by atoms with Crippen LogP contribution in [-0.4, -0.2) is 28.4 Å². The number of nitrogens with one attached hydrogen (secondary N) is 3. The Morgan fingerprint density at radius 1 is 1.70 bits per heavy atom. The predicted molar refractivity (Wildman–Crippen MR) is 49.4 cm³/mol. The molecule has 0 amide bonds. The van der Waals surface area contributed by atoms with Crippen molar-refractivity contribution in [3.8, 4) is 0 Å². The summed E-state index contributed by atoms with van der Waals surface area (Å²) in [6.45, 7) is 0. The van der Waals surface area contributed by atoms with Crippen LogP contribution in [-0.2, 0) is 0 Å². The van der Waals surface area contributed by atoms with Gasteiger partial charge in [0.05, 0.1) is 4.55 Å². The van der Waals surface area contributed by atoms with Gasteiger partial charge in [0.25, 0.3) is 0 Å². The van der Waals surface area contributed by atoms with Crippen molar-refractivity contribution in [1.82, 2.24) is 10.2 Å². The molecule has 5 N–H and O–H groups in total. The molecule has 0 heterocycles. The van der Waals surface area contributed by atoms with Crippen LogP contribution in [0, 0.1) is 10.8 Å². The zero-order valence-electron chi connectivity index (χ0n) is 5.61. The molecule has 0 spiro atoms. The van der Waals surface area contributed by atoms with Gasteiger partial charge in [-0.15, -0.1) is 0 Å². The van der Waals surface area contributed by atoms with E-state index in [-0.39, 0.29) is 11.9 Å². The minimum Gasteiger partial charge on any atom is -0.370 e. The van der Waals surface area contributed by atoms with E-state index in [1.807, 2.05) is 0 Å². The fourth-order valence-electron chi connectivity index (χ4n) is 0.283. The molecule has 0 aromatic rings. The van der Waals surface area contributed by atoms with Crippen LogP contribution in [0.4, 0.5) is 0 Å². The molecule has 0 rings (SSSR count). The molecule has 0 unspecified atom stereocenters. The fraction of sp³-hybridized carbons (Fsp3) is 0.500. The monoisotopic (exact) mass is 255 g/mol. The van der Waals surface area contributed by atoms with E-state index in [4.69, 9.17) is 16.6 Å². The summed E-state index contributed by atoms with van der Waals surface area (Å²) in [6.07, 6.45) is 0. The van der Waals surface area contributed by atoms with Gasteiger partial charge in [-0.25, -0.2) is 0 Å². The van der Waals surface area contributed by atoms with Gasteiger partial charge < -0.3 is 10.6 Å². The number of alkyl halides is 1. The second kappa shape index (κ2) is 4.31. The normalized spacial score (nSPS) is 8.60. The number of hydrogen-bond donors (Lipinski definition) is 4. The van der Waals surface area contributed by atoms with Gasteiger partial charge in [0.1, 0.15) is 0 Å². The minimum atomic E-state index is -0.207. The first-order valence-corrected chi connectivity index (χ1v) is 4.07. The first-order valence-electron chi connectivity index (χ1n) is 2.54. The molecule has 0 fully saturated rings. The predicted octanol–water partition coefficient (Wildman–Crippen LogP) is -0.271. The van der Waals surface area contributed by atoms with E-state index in [1.165, 1.54) is 0 Å². The minimum absolute atomic E-state index is 0.141. The lowest BCUT2D eigenvalue weighted by Gasteiger charge is -2.16. The summed E-state index contributed by atoms with van der Waals surface area (Å²) in [4.78, 5) is 1.63. The van der Waals surface area contributed by atoms with Crippen molar-refractivity contribution >= 4 is 34.5 Å². The van der Waals surface area contributed by atoms with Crippen molar-refractivity contribution in [1.29, 1.82) is 10.8 Å². The van der Waals surface area contributed by atoms with Crippen LogP contribution in [0.25, 0.3) is 0 Å². The van der Waals surface area contributed by atoms with Gasteiger partial charge >= 0.3 is 0 Å². The van der Waals surface area contributed by atoms with Crippen molar-refractivity contribution in [3.63, 3.8) is 0 Å². The summed E-state index contributed by atoms with van der Waals surface area (Å²) >= 11 is 2.11. The van der Waals surface area contributed by atoms with Crippen LogP contribution in [0.3, 0.4) is 0 Å². The molecule has 0 atom stereocenters. The second-order valence-electron chi connectivity index (χ2n) is 1.70. The van der Waals surface area contributed by atoms with E-state index >= 15 is 0 Å². The van der Waals surface area contributed by atoms with E-state index in [1.54, 1.807) is 11.9 Å². The maximum absolute atomic E-state index is 7.21. The average Bonchev–Trinajstić information content (AvgIpc) is 1.85. The average molecular weight is 255 g/mol. The van der Waals surface area contributed by atoms with Crippen molar-refractivity contribution < 1.29 is 0 Å². The zero-order chi connectivity index (χ0) is 8.15. The summed E-state index contributed by atoms with van der Waals surface area (Å²) in [5.74, 6) is -0.0661.